The van der Waals surface area contributed by atoms with Crippen LogP contribution in [0.2, 0.25) is 0 Å². The van der Waals surface area contributed by atoms with Gasteiger partial charge in [0.2, 0.25) is 0 Å². The molecule has 0 radical (unpaired) electrons. The molecule has 0 atom stereocenters. The van der Waals surface area contributed by atoms with Crippen molar-refractivity contribution >= 4 is 128 Å². The van der Waals surface area contributed by atoms with Gasteiger partial charge in [-0.15, -0.1) is 22.7 Å². The predicted octanol–water partition coefficient (Wildman–Crippen LogP) is 18.1. The van der Waals surface area contributed by atoms with E-state index in [1.54, 1.807) is 0 Å². The van der Waals surface area contributed by atoms with Gasteiger partial charge >= 0.3 is 0 Å². The van der Waals surface area contributed by atoms with Crippen LogP contribution >= 0.6 is 22.7 Å². The van der Waals surface area contributed by atoms with Crippen molar-refractivity contribution < 1.29 is 0 Å². The number of benzene rings is 11. The zero-order valence-electron chi connectivity index (χ0n) is 38.4. The molecule has 5 heterocycles. The van der Waals surface area contributed by atoms with E-state index in [2.05, 4.69) is 234 Å². The Morgan fingerprint density at radius 2 is 0.792 bits per heavy atom. The van der Waals surface area contributed by atoms with E-state index in [1.165, 1.54) is 72.7 Å². The Balaban J connectivity index is 1.000. The van der Waals surface area contributed by atoms with E-state index in [0.29, 0.717) is 17.5 Å². The largest absolute Gasteiger partial charge is 0.309 e. The van der Waals surface area contributed by atoms with Gasteiger partial charge in [-0.1, -0.05) is 133 Å². The van der Waals surface area contributed by atoms with Crippen LogP contribution in [-0.2, 0) is 0 Å². The van der Waals surface area contributed by atoms with E-state index in [-0.39, 0.29) is 0 Å². The SMILES string of the molecule is c1ccc(-n2c3ccccc3c3cc(-c4nc(-c5ccc6c(c5)sc5ccccc56)nc(-c5cc(-n6c7ccccc7c7cc8ccccc8cc76)cc6sc7cc8ccccc8cc7c56)n4)ccc32)cc1. The molecular formula is C65H37N5S2. The molecule has 0 spiro atoms. The van der Waals surface area contributed by atoms with Crippen LogP contribution < -0.4 is 0 Å². The average molecular weight is 952 g/mol. The third-order valence-corrected chi connectivity index (χ3v) is 16.9. The van der Waals surface area contributed by atoms with Gasteiger partial charge in [-0.3, -0.25) is 0 Å². The predicted molar refractivity (Wildman–Crippen MR) is 306 cm³/mol. The number of rotatable bonds is 5. The second kappa shape index (κ2) is 15.2. The molecule has 0 saturated heterocycles. The standard InChI is InChI=1S/C65H37N5S2/c1-2-18-44(19-3-1)69-54-23-11-8-20-46(54)50-32-42(27-29-56(50)69)63-66-64(43-26-28-49-48-22-10-13-25-58(48)71-59(49)35-43)68-65(67-63)53-36-45(37-61-62(53)52-31-39-15-5-7-17-41(39)34-60(52)72-61)70-55-24-12-9-21-47(55)51-30-38-14-4-6-16-40(38)33-57(51)70/h1-37H. The summed E-state index contributed by atoms with van der Waals surface area (Å²) in [6, 6.07) is 81.5. The first-order valence-corrected chi connectivity index (χ1v) is 25.9. The smallest absolute Gasteiger partial charge is 0.164 e. The van der Waals surface area contributed by atoms with Crippen molar-refractivity contribution in [2.75, 3.05) is 0 Å². The summed E-state index contributed by atoms with van der Waals surface area (Å²) < 4.78 is 9.65. The summed E-state index contributed by atoms with van der Waals surface area (Å²) in [7, 11) is 0. The number of hydrogen-bond donors (Lipinski definition) is 0. The van der Waals surface area contributed by atoms with Crippen molar-refractivity contribution in [3.05, 3.63) is 224 Å². The molecular weight excluding hydrogens is 915 g/mol. The van der Waals surface area contributed by atoms with E-state index in [4.69, 9.17) is 15.0 Å². The quantitative estimate of drug-likeness (QED) is 0.173. The zero-order chi connectivity index (χ0) is 47.0. The molecule has 72 heavy (non-hydrogen) atoms. The maximum atomic E-state index is 5.60. The molecule has 7 heteroatoms. The number of aromatic nitrogens is 5. The van der Waals surface area contributed by atoms with Gasteiger partial charge in [0, 0.05) is 90.0 Å². The normalized spacial score (nSPS) is 12.2. The summed E-state index contributed by atoms with van der Waals surface area (Å²) in [4.78, 5) is 16.6. The third kappa shape index (κ3) is 5.95. The topological polar surface area (TPSA) is 48.5 Å². The maximum Gasteiger partial charge on any atom is 0.164 e. The molecule has 0 saturated carbocycles. The highest BCUT2D eigenvalue weighted by molar-refractivity contribution is 7.26. The van der Waals surface area contributed by atoms with E-state index in [1.807, 2.05) is 22.7 Å². The fourth-order valence-electron chi connectivity index (χ4n) is 11.4. The van der Waals surface area contributed by atoms with Gasteiger partial charge in [0.1, 0.15) is 0 Å². The summed E-state index contributed by atoms with van der Waals surface area (Å²) in [5, 5.41) is 14.4. The Kier molecular flexibility index (Phi) is 8.43. The number of para-hydroxylation sites is 3. The summed E-state index contributed by atoms with van der Waals surface area (Å²) in [6.45, 7) is 0. The minimum absolute atomic E-state index is 0.622. The molecule has 334 valence electrons. The first kappa shape index (κ1) is 39.8. The zero-order valence-corrected chi connectivity index (χ0v) is 40.0. The van der Waals surface area contributed by atoms with Gasteiger partial charge in [-0.2, -0.15) is 0 Å². The summed E-state index contributed by atoms with van der Waals surface area (Å²) in [5.74, 6) is 1.88. The fraction of sp³-hybridized carbons (Fsp3) is 0. The van der Waals surface area contributed by atoms with Crippen molar-refractivity contribution in [1.29, 1.82) is 0 Å². The summed E-state index contributed by atoms with van der Waals surface area (Å²) in [6.07, 6.45) is 0. The average Bonchev–Trinajstić information content (AvgIpc) is 4.18. The van der Waals surface area contributed by atoms with Crippen LogP contribution in [0.5, 0.6) is 0 Å². The minimum Gasteiger partial charge on any atom is -0.309 e. The lowest BCUT2D eigenvalue weighted by atomic mass is 10.0. The lowest BCUT2D eigenvalue weighted by molar-refractivity contribution is 1.08. The number of fused-ring (bicyclic) bond motifs is 14. The molecule has 11 aromatic carbocycles. The Labute approximate surface area is 419 Å². The van der Waals surface area contributed by atoms with Crippen molar-refractivity contribution in [3.8, 4) is 45.5 Å². The highest BCUT2D eigenvalue weighted by Gasteiger charge is 2.23. The van der Waals surface area contributed by atoms with E-state index < -0.39 is 0 Å². The van der Waals surface area contributed by atoms with Crippen LogP contribution in [0.1, 0.15) is 0 Å². The van der Waals surface area contributed by atoms with Gasteiger partial charge in [-0.25, -0.2) is 15.0 Å². The van der Waals surface area contributed by atoms with E-state index >= 15 is 0 Å². The Morgan fingerprint density at radius 3 is 1.54 bits per heavy atom. The minimum atomic E-state index is 0.622. The van der Waals surface area contributed by atoms with Gasteiger partial charge < -0.3 is 9.13 Å². The van der Waals surface area contributed by atoms with Gasteiger partial charge in [0.05, 0.1) is 22.1 Å². The van der Waals surface area contributed by atoms with E-state index in [9.17, 15) is 0 Å². The highest BCUT2D eigenvalue weighted by atomic mass is 32.1. The van der Waals surface area contributed by atoms with Crippen molar-refractivity contribution in [2.24, 2.45) is 0 Å². The molecule has 0 fully saturated rings. The number of thiophene rings is 2. The van der Waals surface area contributed by atoms with Crippen LogP contribution in [0.25, 0.3) is 151 Å². The van der Waals surface area contributed by atoms with Crippen molar-refractivity contribution in [2.45, 2.75) is 0 Å². The Morgan fingerprint density at radius 1 is 0.278 bits per heavy atom. The highest BCUT2D eigenvalue weighted by Crippen LogP contribution is 2.46. The monoisotopic (exact) mass is 951 g/mol. The Hall–Kier alpha value is -9.01. The number of nitrogens with zero attached hydrogens (tertiary/aromatic N) is 5. The van der Waals surface area contributed by atoms with Crippen LogP contribution in [0.3, 0.4) is 0 Å². The van der Waals surface area contributed by atoms with Crippen LogP contribution in [0.4, 0.5) is 0 Å². The number of hydrogen-bond acceptors (Lipinski definition) is 5. The van der Waals surface area contributed by atoms with E-state index in [0.717, 1.165) is 60.9 Å². The molecule has 0 bridgehead atoms. The van der Waals surface area contributed by atoms with Crippen LogP contribution in [0.15, 0.2) is 224 Å². The van der Waals surface area contributed by atoms with Crippen molar-refractivity contribution in [3.63, 3.8) is 0 Å². The molecule has 0 aliphatic rings. The second-order valence-corrected chi connectivity index (χ2v) is 20.9. The Bertz CT molecular complexity index is 4940. The third-order valence-electron chi connectivity index (χ3n) is 14.7. The molecule has 0 aliphatic carbocycles. The van der Waals surface area contributed by atoms with Gasteiger partial charge in [0.15, 0.2) is 17.5 Å². The van der Waals surface area contributed by atoms with Gasteiger partial charge in [-0.05, 0) is 113 Å². The molecule has 16 rings (SSSR count). The second-order valence-electron chi connectivity index (χ2n) is 18.8. The molecule has 5 aromatic heterocycles. The first-order valence-electron chi connectivity index (χ1n) is 24.2. The lowest BCUT2D eigenvalue weighted by Gasteiger charge is -2.14. The molecule has 16 aromatic rings. The summed E-state index contributed by atoms with van der Waals surface area (Å²) >= 11 is 3.64. The maximum absolute atomic E-state index is 5.60. The molecule has 0 N–H and O–H groups in total. The summed E-state index contributed by atoms with van der Waals surface area (Å²) in [5.41, 5.74) is 9.59. The molecule has 5 nitrogen and oxygen atoms in total. The van der Waals surface area contributed by atoms with Crippen LogP contribution in [0, 0.1) is 0 Å². The molecule has 0 unspecified atom stereocenters. The molecule has 0 aliphatic heterocycles. The fourth-order valence-corrected chi connectivity index (χ4v) is 13.7. The first-order chi connectivity index (χ1) is 35.6. The lowest BCUT2D eigenvalue weighted by Crippen LogP contribution is -2.02. The van der Waals surface area contributed by atoms with Gasteiger partial charge in [0.25, 0.3) is 0 Å². The van der Waals surface area contributed by atoms with Crippen LogP contribution in [-0.4, -0.2) is 24.1 Å². The van der Waals surface area contributed by atoms with Crippen molar-refractivity contribution in [1.82, 2.24) is 24.1 Å². The molecule has 0 amide bonds.